The summed E-state index contributed by atoms with van der Waals surface area (Å²) >= 11 is 0. The predicted molar refractivity (Wildman–Crippen MR) is 119 cm³/mol. The fourth-order valence-corrected chi connectivity index (χ4v) is 3.59. The summed E-state index contributed by atoms with van der Waals surface area (Å²) in [6, 6.07) is 7.65. The largest absolute Gasteiger partial charge is 0.421 e. The van der Waals surface area contributed by atoms with E-state index in [1.807, 2.05) is 24.3 Å². The first kappa shape index (κ1) is 24.7. The normalized spacial score (nSPS) is 15.3. The zero-order chi connectivity index (χ0) is 23.8. The van der Waals surface area contributed by atoms with E-state index in [2.05, 4.69) is 30.8 Å². The molecule has 0 bridgehead atoms. The second-order valence-electron chi connectivity index (χ2n) is 7.90. The van der Waals surface area contributed by atoms with Crippen molar-refractivity contribution in [3.8, 4) is 0 Å². The van der Waals surface area contributed by atoms with Crippen LogP contribution in [0.3, 0.4) is 0 Å². The third-order valence-corrected chi connectivity index (χ3v) is 5.37. The number of hydrogen-bond donors (Lipinski definition) is 3. The van der Waals surface area contributed by atoms with Gasteiger partial charge in [-0.2, -0.15) is 18.2 Å². The Balaban J connectivity index is 1.62. The van der Waals surface area contributed by atoms with Gasteiger partial charge in [-0.05, 0) is 30.5 Å². The van der Waals surface area contributed by atoms with Gasteiger partial charge in [-0.25, -0.2) is 4.98 Å². The van der Waals surface area contributed by atoms with Crippen LogP contribution in [-0.2, 0) is 22.3 Å². The Kier molecular flexibility index (Phi) is 8.45. The average molecular weight is 467 g/mol. The number of methoxy groups -OCH3 is 1. The van der Waals surface area contributed by atoms with Gasteiger partial charge in [-0.3, -0.25) is 9.69 Å². The van der Waals surface area contributed by atoms with Crippen molar-refractivity contribution in [2.75, 3.05) is 43.9 Å². The van der Waals surface area contributed by atoms with E-state index < -0.39 is 11.7 Å². The fourth-order valence-electron chi connectivity index (χ4n) is 3.59. The molecule has 3 rings (SSSR count). The van der Waals surface area contributed by atoms with Crippen molar-refractivity contribution in [2.24, 2.45) is 0 Å². The molecule has 1 amide bonds. The number of likely N-dealkylation sites (tertiary alicyclic amines) is 1. The van der Waals surface area contributed by atoms with Gasteiger partial charge in [-0.1, -0.05) is 12.1 Å². The van der Waals surface area contributed by atoms with Crippen molar-refractivity contribution >= 4 is 23.4 Å². The van der Waals surface area contributed by atoms with E-state index >= 15 is 0 Å². The molecular weight excluding hydrogens is 437 g/mol. The van der Waals surface area contributed by atoms with Gasteiger partial charge < -0.3 is 20.7 Å². The molecule has 0 aliphatic carbocycles. The van der Waals surface area contributed by atoms with Crippen LogP contribution in [0.4, 0.5) is 30.6 Å². The first-order valence-electron chi connectivity index (χ1n) is 10.8. The Labute approximate surface area is 190 Å². The summed E-state index contributed by atoms with van der Waals surface area (Å²) in [6.45, 7) is 4.39. The van der Waals surface area contributed by atoms with Gasteiger partial charge >= 0.3 is 6.18 Å². The van der Waals surface area contributed by atoms with Crippen molar-refractivity contribution in [1.82, 2.24) is 20.2 Å². The van der Waals surface area contributed by atoms with E-state index in [-0.39, 0.29) is 30.8 Å². The predicted octanol–water partition coefficient (Wildman–Crippen LogP) is 3.40. The Morgan fingerprint density at radius 2 is 1.88 bits per heavy atom. The number of halogens is 3. The highest BCUT2D eigenvalue weighted by molar-refractivity contribution is 5.72. The van der Waals surface area contributed by atoms with Gasteiger partial charge in [0.15, 0.2) is 0 Å². The number of rotatable bonds is 9. The number of benzene rings is 1. The number of hydrogen-bond acceptors (Lipinski definition) is 7. The summed E-state index contributed by atoms with van der Waals surface area (Å²) in [5, 5.41) is 8.09. The Hall–Kier alpha value is -2.92. The molecule has 2 heterocycles. The number of piperidine rings is 1. The van der Waals surface area contributed by atoms with Crippen LogP contribution in [0, 0.1) is 0 Å². The number of anilines is 3. The van der Waals surface area contributed by atoms with Gasteiger partial charge in [0.05, 0.1) is 6.10 Å². The van der Waals surface area contributed by atoms with E-state index in [0.29, 0.717) is 11.8 Å². The van der Waals surface area contributed by atoms with Crippen LogP contribution in [-0.4, -0.2) is 60.2 Å². The van der Waals surface area contributed by atoms with Crippen molar-refractivity contribution in [3.63, 3.8) is 0 Å². The fraction of sp³-hybridized carbons (Fsp3) is 0.500. The lowest BCUT2D eigenvalue weighted by atomic mass is 10.1. The van der Waals surface area contributed by atoms with Crippen molar-refractivity contribution in [1.29, 1.82) is 0 Å². The number of aromatic nitrogens is 2. The number of nitrogens with one attached hydrogen (secondary N) is 3. The second kappa shape index (κ2) is 11.3. The van der Waals surface area contributed by atoms with Crippen molar-refractivity contribution in [2.45, 2.75) is 38.6 Å². The summed E-state index contributed by atoms with van der Waals surface area (Å²) in [5.74, 6) is -0.568. The van der Waals surface area contributed by atoms with E-state index in [1.165, 1.54) is 6.92 Å². The molecule has 3 N–H and O–H groups in total. The average Bonchev–Trinajstić information content (AvgIpc) is 2.78. The maximum Gasteiger partial charge on any atom is 0.421 e. The van der Waals surface area contributed by atoms with Crippen LogP contribution in [0.25, 0.3) is 0 Å². The van der Waals surface area contributed by atoms with Crippen LogP contribution < -0.4 is 16.0 Å². The van der Waals surface area contributed by atoms with Crippen molar-refractivity contribution < 1.29 is 22.7 Å². The van der Waals surface area contributed by atoms with Gasteiger partial charge in [0, 0.05) is 58.6 Å². The van der Waals surface area contributed by atoms with E-state index in [9.17, 15) is 18.0 Å². The lowest BCUT2D eigenvalue weighted by Gasteiger charge is -2.31. The third-order valence-electron chi connectivity index (χ3n) is 5.37. The first-order chi connectivity index (χ1) is 15.7. The Morgan fingerprint density at radius 3 is 2.48 bits per heavy atom. The number of alkyl halides is 3. The third kappa shape index (κ3) is 7.57. The lowest BCUT2D eigenvalue weighted by Crippen LogP contribution is -2.36. The molecule has 8 nitrogen and oxygen atoms in total. The molecule has 0 spiro atoms. The summed E-state index contributed by atoms with van der Waals surface area (Å²) in [5.41, 5.74) is 0.842. The number of ether oxygens (including phenoxy) is 1. The molecule has 180 valence electrons. The molecule has 1 fully saturated rings. The molecule has 1 aliphatic rings. The van der Waals surface area contributed by atoms with Crippen LogP contribution in [0.2, 0.25) is 0 Å². The molecule has 1 aliphatic heterocycles. The summed E-state index contributed by atoms with van der Waals surface area (Å²) in [6.07, 6.45) is -1.49. The van der Waals surface area contributed by atoms with Crippen LogP contribution in [0.1, 0.15) is 30.9 Å². The molecule has 0 unspecified atom stereocenters. The first-order valence-corrected chi connectivity index (χ1v) is 10.8. The molecular formula is C22H29F3N6O2. The standard InChI is InChI=1S/C22H29F3N6O2/c1-15(32)26-9-10-27-20-19(22(23,24)25)13-28-21(30-20)29-17-5-3-16(4-6-17)14-31-11-7-18(33-2)8-12-31/h3-6,13,18H,7-12,14H2,1-2H3,(H,26,32)(H2,27,28,29,30). The maximum atomic E-state index is 13.3. The minimum atomic E-state index is -4.60. The highest BCUT2D eigenvalue weighted by atomic mass is 19.4. The molecule has 1 aromatic carbocycles. The smallest absolute Gasteiger partial charge is 0.381 e. The minimum absolute atomic E-state index is 0.0411. The van der Waals surface area contributed by atoms with E-state index in [4.69, 9.17) is 4.74 Å². The molecule has 11 heteroatoms. The summed E-state index contributed by atoms with van der Waals surface area (Å²) in [4.78, 5) is 21.1. The molecule has 0 atom stereocenters. The molecule has 1 aromatic heterocycles. The summed E-state index contributed by atoms with van der Waals surface area (Å²) < 4.78 is 45.3. The SMILES string of the molecule is COC1CCN(Cc2ccc(Nc3ncc(C(F)(F)F)c(NCCNC(C)=O)n3)cc2)CC1. The zero-order valence-electron chi connectivity index (χ0n) is 18.7. The van der Waals surface area contributed by atoms with Gasteiger partial charge in [-0.15, -0.1) is 0 Å². The number of amides is 1. The Bertz CT molecular complexity index is 915. The second-order valence-corrected chi connectivity index (χ2v) is 7.90. The number of carbonyl (C=O) groups excluding carboxylic acids is 1. The maximum absolute atomic E-state index is 13.3. The van der Waals surface area contributed by atoms with Crippen LogP contribution >= 0.6 is 0 Å². The molecule has 0 saturated carbocycles. The lowest BCUT2D eigenvalue weighted by molar-refractivity contribution is -0.137. The van der Waals surface area contributed by atoms with Gasteiger partial charge in [0.1, 0.15) is 11.4 Å². The zero-order valence-corrected chi connectivity index (χ0v) is 18.7. The quantitative estimate of drug-likeness (QED) is 0.488. The minimum Gasteiger partial charge on any atom is -0.381 e. The number of nitrogens with zero attached hydrogens (tertiary/aromatic N) is 3. The summed E-state index contributed by atoms with van der Waals surface area (Å²) in [7, 11) is 1.75. The van der Waals surface area contributed by atoms with Crippen LogP contribution in [0.5, 0.6) is 0 Å². The van der Waals surface area contributed by atoms with Crippen molar-refractivity contribution in [3.05, 3.63) is 41.6 Å². The Morgan fingerprint density at radius 1 is 1.18 bits per heavy atom. The molecule has 33 heavy (non-hydrogen) atoms. The monoisotopic (exact) mass is 466 g/mol. The highest BCUT2D eigenvalue weighted by Gasteiger charge is 2.35. The van der Waals surface area contributed by atoms with Crippen LogP contribution in [0.15, 0.2) is 30.5 Å². The van der Waals surface area contributed by atoms with E-state index in [1.54, 1.807) is 7.11 Å². The number of carbonyl (C=O) groups is 1. The molecule has 2 aromatic rings. The van der Waals surface area contributed by atoms with Gasteiger partial charge in [0.25, 0.3) is 0 Å². The molecule has 0 radical (unpaired) electrons. The topological polar surface area (TPSA) is 91.4 Å². The van der Waals surface area contributed by atoms with E-state index in [0.717, 1.165) is 44.2 Å². The molecule has 1 saturated heterocycles. The highest BCUT2D eigenvalue weighted by Crippen LogP contribution is 2.34. The van der Waals surface area contributed by atoms with Gasteiger partial charge in [0.2, 0.25) is 11.9 Å².